The summed E-state index contributed by atoms with van der Waals surface area (Å²) in [6.45, 7) is 5.04. The lowest BCUT2D eigenvalue weighted by molar-refractivity contribution is -0.153. The Kier molecular flexibility index (Phi) is 4.14. The molecule has 1 aliphatic carbocycles. The van der Waals surface area contributed by atoms with Crippen molar-refractivity contribution in [3.63, 3.8) is 0 Å². The molecule has 2 fully saturated rings. The van der Waals surface area contributed by atoms with Gasteiger partial charge >= 0.3 is 0 Å². The van der Waals surface area contributed by atoms with Crippen molar-refractivity contribution in [3.05, 3.63) is 0 Å². The van der Waals surface area contributed by atoms with Crippen LogP contribution in [0.3, 0.4) is 0 Å². The lowest BCUT2D eigenvalue weighted by atomic mass is 9.70. The first-order valence-corrected chi connectivity index (χ1v) is 7.44. The van der Waals surface area contributed by atoms with Crippen LogP contribution < -0.4 is 0 Å². The zero-order chi connectivity index (χ0) is 12.4. The standard InChI is InChI=1S/C15H28O2/c1-3-8-14(2,16)13-7-11-17-15(12-13)9-5-4-6-10-15/h13,16H,3-12H2,1-2H3. The van der Waals surface area contributed by atoms with E-state index in [0.717, 1.165) is 32.3 Å². The summed E-state index contributed by atoms with van der Waals surface area (Å²) in [5, 5.41) is 10.6. The van der Waals surface area contributed by atoms with Crippen molar-refractivity contribution in [2.24, 2.45) is 5.92 Å². The van der Waals surface area contributed by atoms with E-state index in [2.05, 4.69) is 6.92 Å². The van der Waals surface area contributed by atoms with Gasteiger partial charge < -0.3 is 9.84 Å². The van der Waals surface area contributed by atoms with Gasteiger partial charge in [0.1, 0.15) is 0 Å². The highest BCUT2D eigenvalue weighted by atomic mass is 16.5. The molecule has 0 radical (unpaired) electrons. The Morgan fingerprint density at radius 1 is 1.29 bits per heavy atom. The fraction of sp³-hybridized carbons (Fsp3) is 1.00. The molecular weight excluding hydrogens is 212 g/mol. The van der Waals surface area contributed by atoms with Gasteiger partial charge in [0.25, 0.3) is 0 Å². The second-order valence-electron chi connectivity index (χ2n) is 6.39. The molecule has 2 rings (SSSR count). The Balaban J connectivity index is 2.00. The van der Waals surface area contributed by atoms with Gasteiger partial charge in [-0.25, -0.2) is 0 Å². The van der Waals surface area contributed by atoms with Gasteiger partial charge in [0.2, 0.25) is 0 Å². The molecule has 17 heavy (non-hydrogen) atoms. The number of rotatable bonds is 3. The topological polar surface area (TPSA) is 29.5 Å². The first kappa shape index (κ1) is 13.4. The Hall–Kier alpha value is -0.0800. The molecular formula is C15H28O2. The van der Waals surface area contributed by atoms with Gasteiger partial charge in [-0.05, 0) is 44.9 Å². The molecule has 1 saturated carbocycles. The van der Waals surface area contributed by atoms with Crippen molar-refractivity contribution in [1.29, 1.82) is 0 Å². The predicted molar refractivity (Wildman–Crippen MR) is 70.0 cm³/mol. The smallest absolute Gasteiger partial charge is 0.0686 e. The molecule has 0 bridgehead atoms. The van der Waals surface area contributed by atoms with Crippen LogP contribution in [0, 0.1) is 5.92 Å². The highest BCUT2D eigenvalue weighted by Crippen LogP contribution is 2.44. The van der Waals surface area contributed by atoms with Crippen molar-refractivity contribution in [1.82, 2.24) is 0 Å². The fourth-order valence-electron chi connectivity index (χ4n) is 3.81. The van der Waals surface area contributed by atoms with Gasteiger partial charge in [-0.3, -0.25) is 0 Å². The minimum absolute atomic E-state index is 0.124. The van der Waals surface area contributed by atoms with Crippen molar-refractivity contribution >= 4 is 0 Å². The molecule has 2 unspecified atom stereocenters. The summed E-state index contributed by atoms with van der Waals surface area (Å²) >= 11 is 0. The molecule has 1 N–H and O–H groups in total. The SMILES string of the molecule is CCCC(C)(O)C1CCOC2(CCCCC2)C1. The average Bonchev–Trinajstić information content (AvgIpc) is 2.30. The summed E-state index contributed by atoms with van der Waals surface area (Å²) in [6.07, 6.45) is 10.5. The van der Waals surface area contributed by atoms with Gasteiger partial charge in [0.05, 0.1) is 11.2 Å². The summed E-state index contributed by atoms with van der Waals surface area (Å²) in [7, 11) is 0. The van der Waals surface area contributed by atoms with Crippen molar-refractivity contribution < 1.29 is 9.84 Å². The maximum Gasteiger partial charge on any atom is 0.0686 e. The summed E-state index contributed by atoms with van der Waals surface area (Å²) in [6, 6.07) is 0. The molecule has 1 heterocycles. The van der Waals surface area contributed by atoms with E-state index in [4.69, 9.17) is 4.74 Å². The van der Waals surface area contributed by atoms with Crippen molar-refractivity contribution in [3.8, 4) is 0 Å². The average molecular weight is 240 g/mol. The van der Waals surface area contributed by atoms with E-state index >= 15 is 0 Å². The molecule has 1 spiro atoms. The normalized spacial score (nSPS) is 32.3. The molecule has 2 heteroatoms. The van der Waals surface area contributed by atoms with E-state index in [0.29, 0.717) is 5.92 Å². The number of hydrogen-bond acceptors (Lipinski definition) is 2. The van der Waals surface area contributed by atoms with Crippen LogP contribution in [-0.2, 0) is 4.74 Å². The summed E-state index contributed by atoms with van der Waals surface area (Å²) in [5.74, 6) is 0.439. The minimum Gasteiger partial charge on any atom is -0.390 e. The van der Waals surface area contributed by atoms with E-state index in [1.54, 1.807) is 0 Å². The van der Waals surface area contributed by atoms with E-state index in [-0.39, 0.29) is 5.60 Å². The minimum atomic E-state index is -0.483. The van der Waals surface area contributed by atoms with E-state index in [9.17, 15) is 5.11 Å². The molecule has 2 nitrogen and oxygen atoms in total. The Labute approximate surface area is 106 Å². The lowest BCUT2D eigenvalue weighted by Gasteiger charge is -2.47. The molecule has 0 aromatic carbocycles. The molecule has 0 amide bonds. The molecule has 0 aromatic heterocycles. The fourth-order valence-corrected chi connectivity index (χ4v) is 3.81. The van der Waals surface area contributed by atoms with E-state index in [1.165, 1.54) is 32.1 Å². The monoisotopic (exact) mass is 240 g/mol. The molecule has 0 aromatic rings. The van der Waals surface area contributed by atoms with Crippen LogP contribution >= 0.6 is 0 Å². The van der Waals surface area contributed by atoms with Gasteiger partial charge in [-0.2, -0.15) is 0 Å². The first-order valence-electron chi connectivity index (χ1n) is 7.44. The molecule has 2 atom stereocenters. The quantitative estimate of drug-likeness (QED) is 0.815. The second kappa shape index (κ2) is 5.27. The Bertz CT molecular complexity index is 236. The van der Waals surface area contributed by atoms with Gasteiger partial charge in [0, 0.05) is 6.61 Å². The molecule has 2 aliphatic rings. The van der Waals surface area contributed by atoms with Crippen LogP contribution in [0.1, 0.15) is 71.6 Å². The summed E-state index contributed by atoms with van der Waals surface area (Å²) in [4.78, 5) is 0. The van der Waals surface area contributed by atoms with Crippen molar-refractivity contribution in [2.45, 2.75) is 82.8 Å². The molecule has 1 saturated heterocycles. The maximum absolute atomic E-state index is 10.6. The van der Waals surface area contributed by atoms with Crippen LogP contribution in [-0.4, -0.2) is 22.9 Å². The van der Waals surface area contributed by atoms with Crippen molar-refractivity contribution in [2.75, 3.05) is 6.61 Å². The summed E-state index contributed by atoms with van der Waals surface area (Å²) < 4.78 is 6.10. The first-order chi connectivity index (χ1) is 8.08. The third-order valence-electron chi connectivity index (χ3n) is 4.89. The second-order valence-corrected chi connectivity index (χ2v) is 6.39. The summed E-state index contributed by atoms with van der Waals surface area (Å²) in [5.41, 5.74) is -0.359. The molecule has 1 aliphatic heterocycles. The van der Waals surface area contributed by atoms with Crippen LogP contribution in [0.15, 0.2) is 0 Å². The van der Waals surface area contributed by atoms with Gasteiger partial charge in [0.15, 0.2) is 0 Å². The van der Waals surface area contributed by atoms with Crippen LogP contribution in [0.25, 0.3) is 0 Å². The zero-order valence-electron chi connectivity index (χ0n) is 11.5. The van der Waals surface area contributed by atoms with Crippen LogP contribution in [0.2, 0.25) is 0 Å². The third kappa shape index (κ3) is 3.03. The van der Waals surface area contributed by atoms with E-state index < -0.39 is 5.60 Å². The Morgan fingerprint density at radius 2 is 2.00 bits per heavy atom. The zero-order valence-corrected chi connectivity index (χ0v) is 11.5. The highest BCUT2D eigenvalue weighted by Gasteiger charge is 2.43. The molecule has 100 valence electrons. The van der Waals surface area contributed by atoms with Crippen LogP contribution in [0.5, 0.6) is 0 Å². The highest BCUT2D eigenvalue weighted by molar-refractivity contribution is 4.95. The largest absolute Gasteiger partial charge is 0.390 e. The lowest BCUT2D eigenvalue weighted by Crippen LogP contribution is -2.48. The number of hydrogen-bond donors (Lipinski definition) is 1. The third-order valence-corrected chi connectivity index (χ3v) is 4.89. The number of ether oxygens (including phenoxy) is 1. The number of aliphatic hydroxyl groups is 1. The van der Waals surface area contributed by atoms with Crippen LogP contribution in [0.4, 0.5) is 0 Å². The van der Waals surface area contributed by atoms with Gasteiger partial charge in [-0.1, -0.05) is 32.6 Å². The Morgan fingerprint density at radius 3 is 2.65 bits per heavy atom. The van der Waals surface area contributed by atoms with Gasteiger partial charge in [-0.15, -0.1) is 0 Å². The predicted octanol–water partition coefficient (Wildman–Crippen LogP) is 3.67. The van der Waals surface area contributed by atoms with E-state index in [1.807, 2.05) is 6.92 Å². The maximum atomic E-state index is 10.6.